The molecule has 0 fully saturated rings. The second-order valence-corrected chi connectivity index (χ2v) is 5.11. The number of rotatable bonds is 3. The second kappa shape index (κ2) is 5.85. The lowest BCUT2D eigenvalue weighted by atomic mass is 10.2. The van der Waals surface area contributed by atoms with E-state index in [4.69, 9.17) is 5.26 Å². The molecule has 2 nitrogen and oxygen atoms in total. The Morgan fingerprint density at radius 1 is 1.21 bits per heavy atom. The first-order valence-corrected chi connectivity index (χ1v) is 6.54. The summed E-state index contributed by atoms with van der Waals surface area (Å²) in [7, 11) is 1.95. The lowest BCUT2D eigenvalue weighted by molar-refractivity contribution is 0.627. The molecule has 2 aromatic carbocycles. The first-order valence-electron chi connectivity index (χ1n) is 5.75. The van der Waals surface area contributed by atoms with Crippen LogP contribution >= 0.6 is 15.9 Å². The summed E-state index contributed by atoms with van der Waals surface area (Å²) in [5.74, 6) is -0.231. The van der Waals surface area contributed by atoms with E-state index in [0.29, 0.717) is 12.1 Å². The molecule has 96 valence electrons. The summed E-state index contributed by atoms with van der Waals surface area (Å²) in [5, 5.41) is 8.83. The quantitative estimate of drug-likeness (QED) is 0.852. The maximum atomic E-state index is 12.8. The van der Waals surface area contributed by atoms with Gasteiger partial charge in [0.25, 0.3) is 0 Å². The molecular formula is C15H12BrFN2. The van der Waals surface area contributed by atoms with Gasteiger partial charge in [0.2, 0.25) is 0 Å². The summed E-state index contributed by atoms with van der Waals surface area (Å²) in [5.41, 5.74) is 2.63. The number of benzene rings is 2. The second-order valence-electron chi connectivity index (χ2n) is 4.26. The van der Waals surface area contributed by atoms with Crippen molar-refractivity contribution in [2.75, 3.05) is 11.9 Å². The number of hydrogen-bond donors (Lipinski definition) is 0. The molecule has 2 aromatic rings. The molecule has 19 heavy (non-hydrogen) atoms. The van der Waals surface area contributed by atoms with Gasteiger partial charge in [0, 0.05) is 18.1 Å². The molecule has 0 unspecified atom stereocenters. The molecule has 0 aliphatic heterocycles. The summed E-state index contributed by atoms with van der Waals surface area (Å²) in [6, 6.07) is 14.0. The highest BCUT2D eigenvalue weighted by molar-refractivity contribution is 9.10. The van der Waals surface area contributed by atoms with Crippen LogP contribution in [0.1, 0.15) is 11.1 Å². The zero-order valence-electron chi connectivity index (χ0n) is 10.4. The van der Waals surface area contributed by atoms with Gasteiger partial charge in [-0.15, -0.1) is 0 Å². The van der Waals surface area contributed by atoms with Crippen molar-refractivity contribution in [3.8, 4) is 6.07 Å². The van der Waals surface area contributed by atoms with Crippen molar-refractivity contribution < 1.29 is 4.39 Å². The van der Waals surface area contributed by atoms with Crippen molar-refractivity contribution in [2.45, 2.75) is 6.54 Å². The van der Waals surface area contributed by atoms with Crippen molar-refractivity contribution >= 4 is 21.6 Å². The predicted octanol–water partition coefficient (Wildman–Crippen LogP) is 4.10. The molecule has 0 atom stereocenters. The average Bonchev–Trinajstić information content (AvgIpc) is 2.41. The van der Waals surface area contributed by atoms with Crippen molar-refractivity contribution in [1.82, 2.24) is 0 Å². The van der Waals surface area contributed by atoms with Crippen molar-refractivity contribution in [2.24, 2.45) is 0 Å². The van der Waals surface area contributed by atoms with Crippen LogP contribution in [0, 0.1) is 17.1 Å². The molecule has 0 saturated heterocycles. The monoisotopic (exact) mass is 318 g/mol. The molecule has 2 rings (SSSR count). The molecule has 0 N–H and O–H groups in total. The highest BCUT2D eigenvalue weighted by Gasteiger charge is 2.07. The van der Waals surface area contributed by atoms with Crippen LogP contribution in [-0.2, 0) is 6.54 Å². The molecule has 0 saturated carbocycles. The summed E-state index contributed by atoms with van der Waals surface area (Å²) >= 11 is 3.46. The van der Waals surface area contributed by atoms with Crippen molar-refractivity contribution in [3.63, 3.8) is 0 Å². The smallest absolute Gasteiger partial charge is 0.123 e. The molecule has 0 bridgehead atoms. The van der Waals surface area contributed by atoms with Crippen LogP contribution in [0.4, 0.5) is 10.1 Å². The first kappa shape index (κ1) is 13.6. The van der Waals surface area contributed by atoms with Crippen LogP contribution in [0.2, 0.25) is 0 Å². The van der Waals surface area contributed by atoms with Gasteiger partial charge in [0.05, 0.1) is 17.3 Å². The van der Waals surface area contributed by atoms with Crippen LogP contribution in [0.15, 0.2) is 46.9 Å². The third-order valence-corrected chi connectivity index (χ3v) is 3.46. The minimum atomic E-state index is -0.231. The molecule has 0 radical (unpaired) electrons. The molecule has 0 spiro atoms. The number of nitrogens with zero attached hydrogens (tertiary/aromatic N) is 2. The summed E-state index contributed by atoms with van der Waals surface area (Å²) in [4.78, 5) is 2.04. The van der Waals surface area contributed by atoms with E-state index in [-0.39, 0.29) is 5.82 Å². The third kappa shape index (κ3) is 3.33. The fraction of sp³-hybridized carbons (Fsp3) is 0.133. The first-order chi connectivity index (χ1) is 9.10. The van der Waals surface area contributed by atoms with Gasteiger partial charge in [-0.25, -0.2) is 4.39 Å². The standard InChI is InChI=1S/C15H12BrFN2/c1-19(10-11-2-5-13(17)6-3-11)15-7-4-12(9-18)8-14(15)16/h2-8H,10H2,1H3. The van der Waals surface area contributed by atoms with E-state index in [2.05, 4.69) is 22.0 Å². The molecule has 0 aromatic heterocycles. The molecule has 4 heteroatoms. The van der Waals surface area contributed by atoms with E-state index in [1.807, 2.05) is 18.0 Å². The Morgan fingerprint density at radius 3 is 2.47 bits per heavy atom. The highest BCUT2D eigenvalue weighted by atomic mass is 79.9. The van der Waals surface area contributed by atoms with Gasteiger partial charge < -0.3 is 4.90 Å². The summed E-state index contributed by atoms with van der Waals surface area (Å²) in [6.07, 6.45) is 0. The van der Waals surface area contributed by atoms with Gasteiger partial charge in [0.1, 0.15) is 5.82 Å². The molecule has 0 aliphatic rings. The lowest BCUT2D eigenvalue weighted by Gasteiger charge is -2.21. The third-order valence-electron chi connectivity index (χ3n) is 2.82. The molecule has 0 heterocycles. The van der Waals surface area contributed by atoms with Gasteiger partial charge in [-0.2, -0.15) is 5.26 Å². The molecule has 0 amide bonds. The number of nitriles is 1. The van der Waals surface area contributed by atoms with Crippen LogP contribution in [0.25, 0.3) is 0 Å². The number of halogens is 2. The largest absolute Gasteiger partial charge is 0.369 e. The molecular weight excluding hydrogens is 307 g/mol. The molecule has 0 aliphatic carbocycles. The maximum Gasteiger partial charge on any atom is 0.123 e. The Bertz CT molecular complexity index is 617. The number of hydrogen-bond acceptors (Lipinski definition) is 2. The van der Waals surface area contributed by atoms with E-state index in [1.54, 1.807) is 24.3 Å². The minimum absolute atomic E-state index is 0.231. The van der Waals surface area contributed by atoms with Crippen molar-refractivity contribution in [1.29, 1.82) is 5.26 Å². The predicted molar refractivity (Wildman–Crippen MR) is 77.4 cm³/mol. The van der Waals surface area contributed by atoms with Crippen LogP contribution in [0.3, 0.4) is 0 Å². The highest BCUT2D eigenvalue weighted by Crippen LogP contribution is 2.27. The summed E-state index contributed by atoms with van der Waals surface area (Å²) in [6.45, 7) is 0.671. The number of anilines is 1. The van der Waals surface area contributed by atoms with E-state index >= 15 is 0 Å². The lowest BCUT2D eigenvalue weighted by Crippen LogP contribution is -2.16. The Kier molecular flexibility index (Phi) is 4.18. The van der Waals surface area contributed by atoms with E-state index in [0.717, 1.165) is 15.7 Å². The van der Waals surface area contributed by atoms with Gasteiger partial charge in [-0.3, -0.25) is 0 Å². The Labute approximate surface area is 120 Å². The van der Waals surface area contributed by atoms with E-state index < -0.39 is 0 Å². The van der Waals surface area contributed by atoms with Gasteiger partial charge in [0.15, 0.2) is 0 Å². The van der Waals surface area contributed by atoms with Gasteiger partial charge >= 0.3 is 0 Å². The summed E-state index contributed by atoms with van der Waals surface area (Å²) < 4.78 is 13.7. The fourth-order valence-electron chi connectivity index (χ4n) is 1.83. The normalized spacial score (nSPS) is 10.0. The Morgan fingerprint density at radius 2 is 1.89 bits per heavy atom. The maximum absolute atomic E-state index is 12.8. The van der Waals surface area contributed by atoms with Crippen LogP contribution in [-0.4, -0.2) is 7.05 Å². The Hall–Kier alpha value is -1.86. The SMILES string of the molecule is CN(Cc1ccc(F)cc1)c1ccc(C#N)cc1Br. The fourth-order valence-corrected chi connectivity index (χ4v) is 2.52. The topological polar surface area (TPSA) is 27.0 Å². The van der Waals surface area contributed by atoms with Crippen LogP contribution < -0.4 is 4.90 Å². The minimum Gasteiger partial charge on any atom is -0.369 e. The zero-order valence-corrected chi connectivity index (χ0v) is 12.0. The average molecular weight is 319 g/mol. The zero-order chi connectivity index (χ0) is 13.8. The van der Waals surface area contributed by atoms with E-state index in [1.165, 1.54) is 12.1 Å². The Balaban J connectivity index is 2.18. The van der Waals surface area contributed by atoms with Crippen LogP contribution in [0.5, 0.6) is 0 Å². The van der Waals surface area contributed by atoms with Crippen molar-refractivity contribution in [3.05, 3.63) is 63.9 Å². The van der Waals surface area contributed by atoms with Gasteiger partial charge in [-0.1, -0.05) is 12.1 Å². The van der Waals surface area contributed by atoms with Gasteiger partial charge in [-0.05, 0) is 51.8 Å². The van der Waals surface area contributed by atoms with E-state index in [9.17, 15) is 4.39 Å².